The Bertz CT molecular complexity index is 1140. The Balaban J connectivity index is 1.32. The summed E-state index contributed by atoms with van der Waals surface area (Å²) in [6, 6.07) is 18.9. The minimum Gasteiger partial charge on any atom is -0.497 e. The van der Waals surface area contributed by atoms with Gasteiger partial charge in [-0.3, -0.25) is 14.5 Å². The normalized spacial score (nSPS) is 14.1. The minimum absolute atomic E-state index is 0.00714. The van der Waals surface area contributed by atoms with Crippen LogP contribution in [0.1, 0.15) is 27.6 Å². The number of benzene rings is 3. The van der Waals surface area contributed by atoms with Crippen LogP contribution in [0, 0.1) is 0 Å². The van der Waals surface area contributed by atoms with Gasteiger partial charge in [0.15, 0.2) is 0 Å². The number of carbonyl (C=O) groups is 2. The SMILES string of the molecule is CCOc1ccc2ccccc2c1C(=O)N1CCN(CCNC(=O)c2ccc(OC)cc2)CC1. The zero-order valence-electron chi connectivity index (χ0n) is 19.8. The number of carbonyl (C=O) groups excluding carboxylic acids is 2. The fourth-order valence-corrected chi connectivity index (χ4v) is 4.25. The molecule has 3 aromatic rings. The highest BCUT2D eigenvalue weighted by atomic mass is 16.5. The highest BCUT2D eigenvalue weighted by molar-refractivity contribution is 6.09. The van der Waals surface area contributed by atoms with Crippen LogP contribution in [0.25, 0.3) is 10.8 Å². The molecule has 0 unspecified atom stereocenters. The van der Waals surface area contributed by atoms with Crippen LogP contribution < -0.4 is 14.8 Å². The predicted octanol–water partition coefficient (Wildman–Crippen LogP) is 3.43. The van der Waals surface area contributed by atoms with Crippen molar-refractivity contribution in [1.29, 1.82) is 0 Å². The summed E-state index contributed by atoms with van der Waals surface area (Å²) < 4.78 is 10.9. The smallest absolute Gasteiger partial charge is 0.258 e. The van der Waals surface area contributed by atoms with Crippen molar-refractivity contribution >= 4 is 22.6 Å². The lowest BCUT2D eigenvalue weighted by molar-refractivity contribution is 0.0636. The van der Waals surface area contributed by atoms with Crippen LogP contribution in [0.4, 0.5) is 0 Å². The highest BCUT2D eigenvalue weighted by Gasteiger charge is 2.26. The van der Waals surface area contributed by atoms with E-state index in [1.807, 2.05) is 48.2 Å². The predicted molar refractivity (Wildman–Crippen MR) is 133 cm³/mol. The summed E-state index contributed by atoms with van der Waals surface area (Å²) in [4.78, 5) is 30.0. The standard InChI is InChI=1S/C27H31N3O4/c1-3-34-24-13-10-20-6-4-5-7-23(20)25(24)27(32)30-18-16-29(17-19-30)15-14-28-26(31)21-8-11-22(33-2)12-9-21/h4-13H,3,14-19H2,1-2H3,(H,28,31). The maximum absolute atomic E-state index is 13.5. The molecule has 3 aromatic carbocycles. The molecule has 1 N–H and O–H groups in total. The van der Waals surface area contributed by atoms with Gasteiger partial charge in [0.1, 0.15) is 11.5 Å². The molecule has 0 radical (unpaired) electrons. The van der Waals surface area contributed by atoms with Gasteiger partial charge in [-0.1, -0.05) is 30.3 Å². The second kappa shape index (κ2) is 11.0. The first-order chi connectivity index (χ1) is 16.6. The lowest BCUT2D eigenvalue weighted by Crippen LogP contribution is -2.50. The number of nitrogens with one attached hydrogen (secondary N) is 1. The van der Waals surface area contributed by atoms with Gasteiger partial charge < -0.3 is 19.7 Å². The van der Waals surface area contributed by atoms with Crippen molar-refractivity contribution in [2.45, 2.75) is 6.92 Å². The van der Waals surface area contributed by atoms with E-state index in [9.17, 15) is 9.59 Å². The van der Waals surface area contributed by atoms with Gasteiger partial charge in [0, 0.05) is 44.8 Å². The van der Waals surface area contributed by atoms with Gasteiger partial charge in [-0.2, -0.15) is 0 Å². The van der Waals surface area contributed by atoms with Crippen LogP contribution in [0.3, 0.4) is 0 Å². The molecule has 1 fully saturated rings. The van der Waals surface area contributed by atoms with E-state index in [2.05, 4.69) is 10.2 Å². The molecule has 7 heteroatoms. The van der Waals surface area contributed by atoms with Crippen molar-refractivity contribution in [2.24, 2.45) is 0 Å². The first-order valence-corrected chi connectivity index (χ1v) is 11.7. The van der Waals surface area contributed by atoms with Crippen molar-refractivity contribution in [3.05, 3.63) is 71.8 Å². The van der Waals surface area contributed by atoms with Crippen LogP contribution in [0.15, 0.2) is 60.7 Å². The lowest BCUT2D eigenvalue weighted by Gasteiger charge is -2.35. The quantitative estimate of drug-likeness (QED) is 0.557. The van der Waals surface area contributed by atoms with Crippen LogP contribution in [0.5, 0.6) is 11.5 Å². The molecule has 34 heavy (non-hydrogen) atoms. The molecule has 0 saturated carbocycles. The summed E-state index contributed by atoms with van der Waals surface area (Å²) in [5, 5.41) is 4.91. The maximum atomic E-state index is 13.5. The number of amides is 2. The summed E-state index contributed by atoms with van der Waals surface area (Å²) in [6.45, 7) is 6.53. The molecule has 1 aliphatic rings. The molecule has 1 saturated heterocycles. The number of hydrogen-bond donors (Lipinski definition) is 1. The molecule has 0 aliphatic carbocycles. The molecule has 0 bridgehead atoms. The molecule has 178 valence electrons. The Hall–Kier alpha value is -3.58. The molecule has 4 rings (SSSR count). The van der Waals surface area contributed by atoms with Crippen LogP contribution in [-0.2, 0) is 0 Å². The van der Waals surface area contributed by atoms with E-state index in [-0.39, 0.29) is 11.8 Å². The number of piperazine rings is 1. The van der Waals surface area contributed by atoms with E-state index in [4.69, 9.17) is 9.47 Å². The molecular formula is C27H31N3O4. The van der Waals surface area contributed by atoms with E-state index in [1.54, 1.807) is 31.4 Å². The molecule has 0 spiro atoms. The monoisotopic (exact) mass is 461 g/mol. The van der Waals surface area contributed by atoms with Crippen molar-refractivity contribution in [3.63, 3.8) is 0 Å². The molecule has 0 atom stereocenters. The Morgan fingerprint density at radius 3 is 2.38 bits per heavy atom. The largest absolute Gasteiger partial charge is 0.497 e. The third-order valence-electron chi connectivity index (χ3n) is 6.13. The van der Waals surface area contributed by atoms with E-state index in [0.717, 1.165) is 36.2 Å². The van der Waals surface area contributed by atoms with Gasteiger partial charge >= 0.3 is 0 Å². The van der Waals surface area contributed by atoms with E-state index in [1.165, 1.54) is 0 Å². The van der Waals surface area contributed by atoms with Crippen molar-refractivity contribution in [1.82, 2.24) is 15.1 Å². The second-order valence-corrected chi connectivity index (χ2v) is 8.21. The van der Waals surface area contributed by atoms with Crippen LogP contribution in [0.2, 0.25) is 0 Å². The first kappa shape index (κ1) is 23.6. The molecule has 7 nitrogen and oxygen atoms in total. The van der Waals surface area contributed by atoms with Crippen molar-refractivity contribution < 1.29 is 19.1 Å². The molecule has 0 aromatic heterocycles. The third-order valence-corrected chi connectivity index (χ3v) is 6.13. The Labute approximate surface area is 200 Å². The second-order valence-electron chi connectivity index (χ2n) is 8.21. The Morgan fingerprint density at radius 2 is 1.68 bits per heavy atom. The van der Waals surface area contributed by atoms with Gasteiger partial charge in [-0.25, -0.2) is 0 Å². The Morgan fingerprint density at radius 1 is 0.941 bits per heavy atom. The summed E-state index contributed by atoms with van der Waals surface area (Å²) in [6.07, 6.45) is 0. The number of methoxy groups -OCH3 is 1. The molecular weight excluding hydrogens is 430 g/mol. The number of ether oxygens (including phenoxy) is 2. The Kier molecular flexibility index (Phi) is 7.65. The zero-order chi connectivity index (χ0) is 23.9. The number of nitrogens with zero attached hydrogens (tertiary/aromatic N) is 2. The molecule has 2 amide bonds. The average molecular weight is 462 g/mol. The number of hydrogen-bond acceptors (Lipinski definition) is 5. The van der Waals surface area contributed by atoms with Crippen molar-refractivity contribution in [2.75, 3.05) is 53.0 Å². The highest BCUT2D eigenvalue weighted by Crippen LogP contribution is 2.30. The fourth-order valence-electron chi connectivity index (χ4n) is 4.25. The molecule has 1 heterocycles. The number of rotatable bonds is 8. The maximum Gasteiger partial charge on any atom is 0.258 e. The van der Waals surface area contributed by atoms with Crippen LogP contribution >= 0.6 is 0 Å². The summed E-state index contributed by atoms with van der Waals surface area (Å²) in [7, 11) is 1.60. The number of fused-ring (bicyclic) bond motifs is 1. The van der Waals surface area contributed by atoms with Crippen molar-refractivity contribution in [3.8, 4) is 11.5 Å². The first-order valence-electron chi connectivity index (χ1n) is 11.7. The van der Waals surface area contributed by atoms with Crippen LogP contribution in [-0.4, -0.2) is 74.6 Å². The average Bonchev–Trinajstić information content (AvgIpc) is 2.88. The fraction of sp³-hybridized carbons (Fsp3) is 0.333. The van der Waals surface area contributed by atoms with Gasteiger partial charge in [0.25, 0.3) is 11.8 Å². The summed E-state index contributed by atoms with van der Waals surface area (Å²) in [5.74, 6) is 1.26. The minimum atomic E-state index is -0.101. The lowest BCUT2D eigenvalue weighted by atomic mass is 10.0. The van der Waals surface area contributed by atoms with Gasteiger partial charge in [0.05, 0.1) is 19.3 Å². The van der Waals surface area contributed by atoms with E-state index in [0.29, 0.717) is 43.1 Å². The topological polar surface area (TPSA) is 71.1 Å². The van der Waals surface area contributed by atoms with Gasteiger partial charge in [0.2, 0.25) is 0 Å². The van der Waals surface area contributed by atoms with Gasteiger partial charge in [-0.05, 0) is 48.0 Å². The molecule has 1 aliphatic heterocycles. The van der Waals surface area contributed by atoms with E-state index >= 15 is 0 Å². The zero-order valence-corrected chi connectivity index (χ0v) is 19.8. The summed E-state index contributed by atoms with van der Waals surface area (Å²) >= 11 is 0. The summed E-state index contributed by atoms with van der Waals surface area (Å²) in [5.41, 5.74) is 1.25. The van der Waals surface area contributed by atoms with E-state index < -0.39 is 0 Å². The van der Waals surface area contributed by atoms with Gasteiger partial charge in [-0.15, -0.1) is 0 Å². The third kappa shape index (κ3) is 5.31.